The van der Waals surface area contributed by atoms with E-state index in [9.17, 15) is 5.11 Å². The van der Waals surface area contributed by atoms with Crippen molar-refractivity contribution in [2.75, 3.05) is 24.3 Å². The summed E-state index contributed by atoms with van der Waals surface area (Å²) in [5, 5.41) is 21.3. The molecule has 2 aromatic carbocycles. The largest absolute Gasteiger partial charge is 0.497 e. The maximum absolute atomic E-state index is 9.61. The van der Waals surface area contributed by atoms with Crippen LogP contribution < -0.4 is 15.4 Å². The number of benzene rings is 2. The molecule has 29 heavy (non-hydrogen) atoms. The highest BCUT2D eigenvalue weighted by Gasteiger charge is 2.15. The number of rotatable bonds is 7. The normalized spacial score (nSPS) is 12.0. The molecular weight excluding hydrogens is 368 g/mol. The van der Waals surface area contributed by atoms with Crippen molar-refractivity contribution in [3.8, 4) is 11.4 Å². The zero-order chi connectivity index (χ0) is 20.2. The lowest BCUT2D eigenvalue weighted by molar-refractivity contribution is 0.208. The molecule has 1 unspecified atom stereocenters. The van der Waals surface area contributed by atoms with Crippen LogP contribution in [0.5, 0.6) is 5.75 Å². The summed E-state index contributed by atoms with van der Waals surface area (Å²) in [6.07, 6.45) is 1.22. The summed E-state index contributed by atoms with van der Waals surface area (Å²) in [6, 6.07) is 17.4. The van der Waals surface area contributed by atoms with Gasteiger partial charge in [-0.2, -0.15) is 15.1 Å². The molecule has 0 aliphatic heterocycles. The van der Waals surface area contributed by atoms with Gasteiger partial charge in [0.05, 0.1) is 30.5 Å². The van der Waals surface area contributed by atoms with Crippen LogP contribution in [0.2, 0.25) is 0 Å². The van der Waals surface area contributed by atoms with Crippen LogP contribution in [0.25, 0.3) is 16.7 Å². The average molecular weight is 390 g/mol. The topological polar surface area (TPSA) is 97.1 Å². The van der Waals surface area contributed by atoms with Gasteiger partial charge in [0.1, 0.15) is 11.6 Å². The van der Waals surface area contributed by atoms with E-state index < -0.39 is 6.10 Å². The molecule has 0 saturated carbocycles. The van der Waals surface area contributed by atoms with Gasteiger partial charge in [0.15, 0.2) is 5.65 Å². The molecule has 2 heterocycles. The van der Waals surface area contributed by atoms with Crippen LogP contribution >= 0.6 is 0 Å². The molecule has 0 amide bonds. The fourth-order valence-electron chi connectivity index (χ4n) is 2.89. The summed E-state index contributed by atoms with van der Waals surface area (Å²) in [7, 11) is 1.63. The third-order valence-corrected chi connectivity index (χ3v) is 4.34. The maximum atomic E-state index is 9.61. The van der Waals surface area contributed by atoms with E-state index >= 15 is 0 Å². The lowest BCUT2D eigenvalue weighted by atomic mass is 10.3. The van der Waals surface area contributed by atoms with E-state index in [-0.39, 0.29) is 0 Å². The Labute approximate surface area is 168 Å². The number of aliphatic hydroxyl groups is 1. The minimum absolute atomic E-state index is 0.340. The third kappa shape index (κ3) is 4.12. The van der Waals surface area contributed by atoms with Gasteiger partial charge in [0, 0.05) is 12.2 Å². The van der Waals surface area contributed by atoms with Crippen LogP contribution in [0.1, 0.15) is 6.92 Å². The number of nitrogens with one attached hydrogen (secondary N) is 2. The quantitative estimate of drug-likeness (QED) is 0.445. The Kier molecular flexibility index (Phi) is 5.26. The minimum Gasteiger partial charge on any atom is -0.497 e. The van der Waals surface area contributed by atoms with Gasteiger partial charge >= 0.3 is 0 Å². The van der Waals surface area contributed by atoms with E-state index in [1.54, 1.807) is 24.9 Å². The van der Waals surface area contributed by atoms with E-state index in [4.69, 9.17) is 4.74 Å². The second-order valence-corrected chi connectivity index (χ2v) is 6.61. The Morgan fingerprint density at radius 3 is 2.52 bits per heavy atom. The van der Waals surface area contributed by atoms with E-state index in [1.807, 2.05) is 54.6 Å². The molecule has 0 spiro atoms. The summed E-state index contributed by atoms with van der Waals surface area (Å²) in [6.45, 7) is 2.04. The molecule has 0 fully saturated rings. The number of hydrogen-bond donors (Lipinski definition) is 3. The van der Waals surface area contributed by atoms with Crippen molar-refractivity contribution >= 4 is 28.5 Å². The minimum atomic E-state index is -0.522. The first-order valence-electron chi connectivity index (χ1n) is 9.28. The maximum Gasteiger partial charge on any atom is 0.226 e. The Morgan fingerprint density at radius 2 is 1.83 bits per heavy atom. The molecule has 3 N–H and O–H groups in total. The zero-order valence-electron chi connectivity index (χ0n) is 16.2. The first-order chi connectivity index (χ1) is 14.1. The number of para-hydroxylation sites is 1. The van der Waals surface area contributed by atoms with Gasteiger partial charge in [-0.25, -0.2) is 4.68 Å². The number of methoxy groups -OCH3 is 1. The summed E-state index contributed by atoms with van der Waals surface area (Å²) >= 11 is 0. The summed E-state index contributed by atoms with van der Waals surface area (Å²) < 4.78 is 6.98. The van der Waals surface area contributed by atoms with Crippen molar-refractivity contribution in [1.29, 1.82) is 0 Å². The summed E-state index contributed by atoms with van der Waals surface area (Å²) in [5.74, 6) is 1.81. The van der Waals surface area contributed by atoms with Crippen molar-refractivity contribution in [2.45, 2.75) is 13.0 Å². The second kappa shape index (κ2) is 8.15. The number of aromatic nitrogens is 4. The van der Waals surface area contributed by atoms with Crippen LogP contribution in [0.15, 0.2) is 60.8 Å². The van der Waals surface area contributed by atoms with E-state index in [2.05, 4.69) is 25.7 Å². The first-order valence-corrected chi connectivity index (χ1v) is 9.28. The van der Waals surface area contributed by atoms with Crippen molar-refractivity contribution in [3.63, 3.8) is 0 Å². The monoisotopic (exact) mass is 390 g/mol. The highest BCUT2D eigenvalue weighted by Crippen LogP contribution is 2.27. The lowest BCUT2D eigenvalue weighted by Crippen LogP contribution is -2.17. The van der Waals surface area contributed by atoms with Crippen LogP contribution in [-0.4, -0.2) is 44.6 Å². The molecule has 4 aromatic rings. The molecule has 8 nitrogen and oxygen atoms in total. The molecule has 1 atom stereocenters. The van der Waals surface area contributed by atoms with Crippen molar-refractivity contribution in [3.05, 3.63) is 60.8 Å². The Bertz CT molecular complexity index is 1090. The molecule has 148 valence electrons. The van der Waals surface area contributed by atoms with E-state index in [0.29, 0.717) is 24.0 Å². The highest BCUT2D eigenvalue weighted by molar-refractivity contribution is 5.90. The van der Waals surface area contributed by atoms with Crippen LogP contribution in [0.4, 0.5) is 17.5 Å². The third-order valence-electron chi connectivity index (χ3n) is 4.34. The molecule has 4 rings (SSSR count). The van der Waals surface area contributed by atoms with Crippen LogP contribution in [0.3, 0.4) is 0 Å². The molecule has 2 aromatic heterocycles. The first kappa shape index (κ1) is 18.7. The van der Waals surface area contributed by atoms with Gasteiger partial charge < -0.3 is 20.5 Å². The van der Waals surface area contributed by atoms with Gasteiger partial charge in [-0.15, -0.1) is 0 Å². The predicted octanol–water partition coefficient (Wildman–Crippen LogP) is 3.36. The van der Waals surface area contributed by atoms with Crippen molar-refractivity contribution in [1.82, 2.24) is 19.7 Å². The molecule has 0 aliphatic carbocycles. The predicted molar refractivity (Wildman–Crippen MR) is 113 cm³/mol. The molecular formula is C21H22N6O2. The molecule has 0 bridgehead atoms. The standard InChI is InChI=1S/C21H22N6O2/c1-14(28)12-22-21-25-19(24-15-8-10-17(29-2)11-9-15)18-13-23-27(20(18)26-21)16-6-4-3-5-7-16/h3-11,13-14,28H,12H2,1-2H3,(H2,22,24,25,26). The number of hydrogen-bond acceptors (Lipinski definition) is 7. The van der Waals surface area contributed by atoms with Crippen molar-refractivity contribution in [2.24, 2.45) is 0 Å². The van der Waals surface area contributed by atoms with Gasteiger partial charge in [-0.3, -0.25) is 0 Å². The number of fused-ring (bicyclic) bond motifs is 1. The van der Waals surface area contributed by atoms with E-state index in [0.717, 1.165) is 22.5 Å². The second-order valence-electron chi connectivity index (χ2n) is 6.61. The highest BCUT2D eigenvalue weighted by atomic mass is 16.5. The Hall–Kier alpha value is -3.65. The SMILES string of the molecule is COc1ccc(Nc2nc(NCC(C)O)nc3c2cnn3-c2ccccc2)cc1. The number of aliphatic hydroxyl groups excluding tert-OH is 1. The average Bonchev–Trinajstić information content (AvgIpc) is 3.18. The zero-order valence-corrected chi connectivity index (χ0v) is 16.2. The van der Waals surface area contributed by atoms with Crippen molar-refractivity contribution < 1.29 is 9.84 Å². The molecule has 0 radical (unpaired) electrons. The lowest BCUT2D eigenvalue weighted by Gasteiger charge is -2.12. The Morgan fingerprint density at radius 1 is 1.07 bits per heavy atom. The fourth-order valence-corrected chi connectivity index (χ4v) is 2.89. The van der Waals surface area contributed by atoms with Gasteiger partial charge in [-0.1, -0.05) is 18.2 Å². The Balaban J connectivity index is 1.77. The van der Waals surface area contributed by atoms with Crippen LogP contribution in [-0.2, 0) is 0 Å². The number of anilines is 3. The van der Waals surface area contributed by atoms with Gasteiger partial charge in [0.2, 0.25) is 5.95 Å². The molecule has 0 aliphatic rings. The number of nitrogens with zero attached hydrogens (tertiary/aromatic N) is 4. The summed E-state index contributed by atoms with van der Waals surface area (Å²) in [4.78, 5) is 9.21. The van der Waals surface area contributed by atoms with Crippen LogP contribution in [0, 0.1) is 0 Å². The smallest absolute Gasteiger partial charge is 0.226 e. The van der Waals surface area contributed by atoms with Gasteiger partial charge in [-0.05, 0) is 43.3 Å². The molecule has 0 saturated heterocycles. The molecule has 8 heteroatoms. The number of ether oxygens (including phenoxy) is 1. The fraction of sp³-hybridized carbons (Fsp3) is 0.190. The van der Waals surface area contributed by atoms with E-state index in [1.165, 1.54) is 0 Å². The van der Waals surface area contributed by atoms with Gasteiger partial charge in [0.25, 0.3) is 0 Å². The summed E-state index contributed by atoms with van der Waals surface area (Å²) in [5.41, 5.74) is 2.42.